The molecule has 0 bridgehead atoms. The number of ketones is 1. The summed E-state index contributed by atoms with van der Waals surface area (Å²) < 4.78 is 5.44. The van der Waals surface area contributed by atoms with Gasteiger partial charge in [-0.05, 0) is 39.2 Å². The number of amides is 1. The molecular weight excluding hydrogens is 360 g/mol. The number of nitrogens with one attached hydrogen (secondary N) is 1. The minimum atomic E-state index is -1.01. The molecule has 0 aliphatic carbocycles. The van der Waals surface area contributed by atoms with E-state index in [1.165, 1.54) is 4.90 Å². The molecule has 1 amide bonds. The van der Waals surface area contributed by atoms with Crippen LogP contribution in [0.25, 0.3) is 0 Å². The van der Waals surface area contributed by atoms with Crippen molar-refractivity contribution in [1.82, 2.24) is 10.2 Å². The van der Waals surface area contributed by atoms with E-state index in [2.05, 4.69) is 5.32 Å². The molecule has 2 N–H and O–H groups in total. The molecule has 0 saturated carbocycles. The molecule has 1 aliphatic heterocycles. The SMILES string of the molecule is CC(C)(C)OC(=O)N1CCNC[C@H]1C(=O)[C@H](CCc1ccccc1)CC(=O)O. The van der Waals surface area contributed by atoms with Gasteiger partial charge in [-0.1, -0.05) is 30.3 Å². The number of hydrogen-bond acceptors (Lipinski definition) is 5. The van der Waals surface area contributed by atoms with Crippen molar-refractivity contribution < 1.29 is 24.2 Å². The lowest BCUT2D eigenvalue weighted by Crippen LogP contribution is -2.59. The summed E-state index contributed by atoms with van der Waals surface area (Å²) in [4.78, 5) is 38.5. The highest BCUT2D eigenvalue weighted by Crippen LogP contribution is 2.21. The number of aliphatic carboxylic acids is 1. The fourth-order valence-corrected chi connectivity index (χ4v) is 3.31. The number of carbonyl (C=O) groups excluding carboxylic acids is 2. The number of benzene rings is 1. The molecule has 0 spiro atoms. The van der Waals surface area contributed by atoms with Crippen LogP contribution >= 0.6 is 0 Å². The number of carboxylic acid groups (broad SMARTS) is 1. The van der Waals surface area contributed by atoms with E-state index in [9.17, 15) is 19.5 Å². The van der Waals surface area contributed by atoms with Crippen molar-refractivity contribution in [1.29, 1.82) is 0 Å². The second-order valence-corrected chi connectivity index (χ2v) is 8.12. The summed E-state index contributed by atoms with van der Waals surface area (Å²) in [6, 6.07) is 8.94. The van der Waals surface area contributed by atoms with Crippen LogP contribution in [0, 0.1) is 5.92 Å². The van der Waals surface area contributed by atoms with Crippen molar-refractivity contribution in [2.75, 3.05) is 19.6 Å². The maximum Gasteiger partial charge on any atom is 0.410 e. The maximum atomic E-state index is 13.2. The standard InChI is InChI=1S/C21H30N2O5/c1-21(2,3)28-20(27)23-12-11-22-14-17(23)19(26)16(13-18(24)25)10-9-15-7-5-4-6-8-15/h4-8,16-17,22H,9-14H2,1-3H3,(H,24,25)/t16-,17+/m1/s1. The van der Waals surface area contributed by atoms with Gasteiger partial charge in [-0.2, -0.15) is 0 Å². The van der Waals surface area contributed by atoms with Gasteiger partial charge in [0.25, 0.3) is 0 Å². The molecule has 1 saturated heterocycles. The molecule has 1 heterocycles. The summed E-state index contributed by atoms with van der Waals surface area (Å²) in [7, 11) is 0. The molecule has 1 aromatic carbocycles. The summed E-state index contributed by atoms with van der Waals surface area (Å²) >= 11 is 0. The number of nitrogens with zero attached hydrogens (tertiary/aromatic N) is 1. The summed E-state index contributed by atoms with van der Waals surface area (Å²) in [6.45, 7) is 6.55. The van der Waals surface area contributed by atoms with Crippen LogP contribution in [0.15, 0.2) is 30.3 Å². The van der Waals surface area contributed by atoms with Gasteiger partial charge in [0.1, 0.15) is 11.6 Å². The molecule has 154 valence electrons. The number of carbonyl (C=O) groups is 3. The third kappa shape index (κ3) is 6.64. The number of rotatable bonds is 7. The predicted molar refractivity (Wildman–Crippen MR) is 105 cm³/mol. The summed E-state index contributed by atoms with van der Waals surface area (Å²) in [5.74, 6) is -1.90. The van der Waals surface area contributed by atoms with Crippen molar-refractivity contribution in [3.63, 3.8) is 0 Å². The number of Topliss-reactive ketones (excluding diaryl/α,β-unsaturated/α-hetero) is 1. The quantitative estimate of drug-likeness (QED) is 0.743. The second kappa shape index (κ2) is 9.68. The molecule has 2 rings (SSSR count). The zero-order valence-electron chi connectivity index (χ0n) is 16.8. The van der Waals surface area contributed by atoms with Gasteiger partial charge in [0.05, 0.1) is 6.42 Å². The first-order valence-electron chi connectivity index (χ1n) is 9.67. The Morgan fingerprint density at radius 1 is 1.25 bits per heavy atom. The summed E-state index contributed by atoms with van der Waals surface area (Å²) in [5, 5.41) is 12.4. The Bertz CT molecular complexity index is 684. The average molecular weight is 390 g/mol. The van der Waals surface area contributed by atoms with Crippen LogP contribution in [0.5, 0.6) is 0 Å². The minimum absolute atomic E-state index is 0.226. The van der Waals surface area contributed by atoms with E-state index in [0.29, 0.717) is 32.5 Å². The number of ether oxygens (including phenoxy) is 1. The largest absolute Gasteiger partial charge is 0.481 e. The lowest BCUT2D eigenvalue weighted by Gasteiger charge is -2.37. The molecule has 0 unspecified atom stereocenters. The number of hydrogen-bond donors (Lipinski definition) is 2. The Morgan fingerprint density at radius 3 is 2.54 bits per heavy atom. The molecular formula is C21H30N2O5. The highest BCUT2D eigenvalue weighted by Gasteiger charge is 2.38. The first-order chi connectivity index (χ1) is 13.2. The Morgan fingerprint density at radius 2 is 1.93 bits per heavy atom. The van der Waals surface area contributed by atoms with Crippen LogP contribution in [0.4, 0.5) is 4.79 Å². The zero-order chi connectivity index (χ0) is 20.7. The van der Waals surface area contributed by atoms with E-state index in [4.69, 9.17) is 4.74 Å². The molecule has 1 aliphatic rings. The number of carboxylic acids is 1. The normalized spacial score (nSPS) is 18.4. The van der Waals surface area contributed by atoms with E-state index in [1.807, 2.05) is 30.3 Å². The molecule has 1 fully saturated rings. The lowest BCUT2D eigenvalue weighted by atomic mass is 9.88. The molecule has 1 aromatic rings. The van der Waals surface area contributed by atoms with E-state index >= 15 is 0 Å². The summed E-state index contributed by atoms with van der Waals surface area (Å²) in [6.07, 6.45) is 0.249. The lowest BCUT2D eigenvalue weighted by molar-refractivity contribution is -0.142. The maximum absolute atomic E-state index is 13.2. The Labute approximate surface area is 166 Å². The summed E-state index contributed by atoms with van der Waals surface area (Å²) in [5.41, 5.74) is 0.389. The van der Waals surface area contributed by atoms with Crippen molar-refractivity contribution >= 4 is 17.8 Å². The highest BCUT2D eigenvalue weighted by molar-refractivity contribution is 5.92. The van der Waals surface area contributed by atoms with E-state index in [-0.39, 0.29) is 12.2 Å². The van der Waals surface area contributed by atoms with Gasteiger partial charge >= 0.3 is 12.1 Å². The van der Waals surface area contributed by atoms with E-state index < -0.39 is 29.6 Å². The van der Waals surface area contributed by atoms with Crippen molar-refractivity contribution in [2.24, 2.45) is 5.92 Å². The Balaban J connectivity index is 2.12. The first-order valence-corrected chi connectivity index (χ1v) is 9.67. The molecule has 7 nitrogen and oxygen atoms in total. The second-order valence-electron chi connectivity index (χ2n) is 8.12. The van der Waals surface area contributed by atoms with E-state index in [1.54, 1.807) is 20.8 Å². The van der Waals surface area contributed by atoms with Gasteiger partial charge in [-0.25, -0.2) is 4.79 Å². The molecule has 28 heavy (non-hydrogen) atoms. The third-order valence-corrected chi connectivity index (χ3v) is 4.65. The first kappa shape index (κ1) is 21.9. The van der Waals surface area contributed by atoms with Crippen molar-refractivity contribution in [3.05, 3.63) is 35.9 Å². The Hall–Kier alpha value is -2.41. The van der Waals surface area contributed by atoms with Crippen LogP contribution in [-0.2, 0) is 20.7 Å². The highest BCUT2D eigenvalue weighted by atomic mass is 16.6. The zero-order valence-corrected chi connectivity index (χ0v) is 16.8. The van der Waals surface area contributed by atoms with Gasteiger partial charge < -0.3 is 15.2 Å². The minimum Gasteiger partial charge on any atom is -0.481 e. The third-order valence-electron chi connectivity index (χ3n) is 4.65. The van der Waals surface area contributed by atoms with Gasteiger partial charge in [-0.15, -0.1) is 0 Å². The monoisotopic (exact) mass is 390 g/mol. The smallest absolute Gasteiger partial charge is 0.410 e. The molecule has 2 atom stereocenters. The van der Waals surface area contributed by atoms with Gasteiger partial charge in [0.2, 0.25) is 0 Å². The van der Waals surface area contributed by atoms with Crippen molar-refractivity contribution in [2.45, 2.75) is 51.7 Å². The van der Waals surface area contributed by atoms with Crippen molar-refractivity contribution in [3.8, 4) is 0 Å². The predicted octanol–water partition coefficient (Wildman–Crippen LogP) is 2.49. The van der Waals surface area contributed by atoms with E-state index in [0.717, 1.165) is 5.56 Å². The topological polar surface area (TPSA) is 95.9 Å². The van der Waals surface area contributed by atoms with Gasteiger partial charge in [-0.3, -0.25) is 14.5 Å². The van der Waals surface area contributed by atoms with Crippen LogP contribution in [-0.4, -0.2) is 59.1 Å². The fourth-order valence-electron chi connectivity index (χ4n) is 3.31. The van der Waals surface area contributed by atoms with Gasteiger partial charge in [0.15, 0.2) is 5.78 Å². The number of piperazine rings is 1. The van der Waals surface area contributed by atoms with Crippen LogP contribution in [0.1, 0.15) is 39.2 Å². The average Bonchev–Trinajstić information content (AvgIpc) is 2.63. The van der Waals surface area contributed by atoms with Crippen LogP contribution in [0.3, 0.4) is 0 Å². The fraction of sp³-hybridized carbons (Fsp3) is 0.571. The molecule has 0 radical (unpaired) electrons. The van der Waals surface area contributed by atoms with Gasteiger partial charge in [0, 0.05) is 25.6 Å². The van der Waals surface area contributed by atoms with Crippen LogP contribution < -0.4 is 5.32 Å². The number of aryl methyl sites for hydroxylation is 1. The van der Waals surface area contributed by atoms with Crippen LogP contribution in [0.2, 0.25) is 0 Å². The molecule has 7 heteroatoms. The Kier molecular flexibility index (Phi) is 7.57. The molecule has 0 aromatic heterocycles.